The molecule has 0 unspecified atom stereocenters. The van der Waals surface area contributed by atoms with Gasteiger partial charge in [-0.2, -0.15) is 4.31 Å². The molecule has 5 nitrogen and oxygen atoms in total. The van der Waals surface area contributed by atoms with Crippen molar-refractivity contribution in [3.8, 4) is 0 Å². The van der Waals surface area contributed by atoms with Crippen molar-refractivity contribution in [2.45, 2.75) is 8.97 Å². The molecule has 2 aromatic carbocycles. The van der Waals surface area contributed by atoms with Crippen LogP contribution in [0.1, 0.15) is 5.56 Å². The fourth-order valence-electron chi connectivity index (χ4n) is 4.58. The van der Waals surface area contributed by atoms with Gasteiger partial charge in [-0.05, 0) is 35.9 Å². The second-order valence-corrected chi connectivity index (χ2v) is 13.0. The van der Waals surface area contributed by atoms with Crippen molar-refractivity contribution in [1.82, 2.24) is 9.21 Å². The van der Waals surface area contributed by atoms with E-state index in [9.17, 15) is 12.8 Å². The predicted octanol–water partition coefficient (Wildman–Crippen LogP) is 3.29. The summed E-state index contributed by atoms with van der Waals surface area (Å²) in [6, 6.07) is 14.2. The number of halogens is 1. The van der Waals surface area contributed by atoms with Gasteiger partial charge in [0.1, 0.15) is 9.90 Å². The highest BCUT2D eigenvalue weighted by atomic mass is 32.2. The first kappa shape index (κ1) is 21.6. The van der Waals surface area contributed by atoms with Gasteiger partial charge in [0.25, 0.3) is 0 Å². The smallest absolute Gasteiger partial charge is 0.243 e. The van der Waals surface area contributed by atoms with E-state index in [1.807, 2.05) is 53.9 Å². The molecule has 0 aromatic heterocycles. The highest BCUT2D eigenvalue weighted by molar-refractivity contribution is 8.20. The zero-order valence-corrected chi connectivity index (χ0v) is 19.7. The standard InChI is InChI=1S/C22H26FN3O2S3/c23-18-5-7-19(8-6-18)25-12-9-24(10-13-25)11-14-26-17-22(29-15-16-30-22)20-3-1-2-4-21(20)31(26,27)28/h1-8H,9-17H2. The van der Waals surface area contributed by atoms with E-state index < -0.39 is 10.0 Å². The molecule has 0 N–H and O–H groups in total. The summed E-state index contributed by atoms with van der Waals surface area (Å²) in [6.07, 6.45) is 0. The predicted molar refractivity (Wildman–Crippen MR) is 127 cm³/mol. The maximum atomic E-state index is 13.3. The molecule has 2 saturated heterocycles. The second kappa shape index (κ2) is 8.59. The molecule has 0 amide bonds. The fourth-order valence-corrected chi connectivity index (χ4v) is 9.93. The van der Waals surface area contributed by atoms with Gasteiger partial charge in [0.15, 0.2) is 0 Å². The number of anilines is 1. The van der Waals surface area contributed by atoms with Crippen LogP contribution >= 0.6 is 23.5 Å². The second-order valence-electron chi connectivity index (χ2n) is 8.09. The molecule has 2 aromatic rings. The van der Waals surface area contributed by atoms with E-state index in [0.29, 0.717) is 18.0 Å². The summed E-state index contributed by atoms with van der Waals surface area (Å²) in [7, 11) is -3.47. The Morgan fingerprint density at radius 2 is 1.58 bits per heavy atom. The molecule has 31 heavy (non-hydrogen) atoms. The zero-order valence-electron chi connectivity index (χ0n) is 17.2. The topological polar surface area (TPSA) is 43.9 Å². The van der Waals surface area contributed by atoms with Crippen LogP contribution in [0.25, 0.3) is 0 Å². The van der Waals surface area contributed by atoms with Crippen molar-refractivity contribution < 1.29 is 12.8 Å². The number of fused-ring (bicyclic) bond motifs is 2. The van der Waals surface area contributed by atoms with Gasteiger partial charge in [0.2, 0.25) is 10.0 Å². The lowest BCUT2D eigenvalue weighted by molar-refractivity contribution is 0.234. The summed E-state index contributed by atoms with van der Waals surface area (Å²) in [5, 5.41) is 0. The Morgan fingerprint density at radius 1 is 0.903 bits per heavy atom. The molecule has 3 heterocycles. The first-order chi connectivity index (χ1) is 15.0. The van der Waals surface area contributed by atoms with Gasteiger partial charge < -0.3 is 4.90 Å². The minimum Gasteiger partial charge on any atom is -0.369 e. The summed E-state index contributed by atoms with van der Waals surface area (Å²) in [5.74, 6) is 1.89. The lowest BCUT2D eigenvalue weighted by Crippen LogP contribution is -2.51. The Kier molecular flexibility index (Phi) is 5.98. The van der Waals surface area contributed by atoms with E-state index in [-0.39, 0.29) is 9.90 Å². The summed E-state index contributed by atoms with van der Waals surface area (Å²) < 4.78 is 41.4. The number of rotatable bonds is 4. The molecular formula is C22H26FN3O2S3. The summed E-state index contributed by atoms with van der Waals surface area (Å²) >= 11 is 3.77. The van der Waals surface area contributed by atoms with Gasteiger partial charge in [0.05, 0.1) is 4.90 Å². The summed E-state index contributed by atoms with van der Waals surface area (Å²) in [4.78, 5) is 5.06. The minimum atomic E-state index is -3.47. The molecule has 3 aliphatic rings. The third-order valence-corrected chi connectivity index (χ3v) is 11.6. The van der Waals surface area contributed by atoms with Crippen LogP contribution in [-0.2, 0) is 14.1 Å². The highest BCUT2D eigenvalue weighted by Crippen LogP contribution is 2.56. The Labute approximate surface area is 192 Å². The molecule has 166 valence electrons. The largest absolute Gasteiger partial charge is 0.369 e. The maximum Gasteiger partial charge on any atom is 0.243 e. The van der Waals surface area contributed by atoms with Gasteiger partial charge >= 0.3 is 0 Å². The van der Waals surface area contributed by atoms with Crippen molar-refractivity contribution in [3.63, 3.8) is 0 Å². The molecule has 3 aliphatic heterocycles. The third-order valence-electron chi connectivity index (χ3n) is 6.28. The quantitative estimate of drug-likeness (QED) is 0.671. The van der Waals surface area contributed by atoms with Crippen LogP contribution in [0.15, 0.2) is 53.4 Å². The van der Waals surface area contributed by atoms with E-state index in [4.69, 9.17) is 0 Å². The molecule has 0 radical (unpaired) electrons. The van der Waals surface area contributed by atoms with Gasteiger partial charge in [-0.15, -0.1) is 23.5 Å². The van der Waals surface area contributed by atoms with Crippen LogP contribution in [0.4, 0.5) is 10.1 Å². The van der Waals surface area contributed by atoms with E-state index in [1.54, 1.807) is 10.4 Å². The number of hydrogen-bond donors (Lipinski definition) is 0. The van der Waals surface area contributed by atoms with Gasteiger partial charge in [-0.25, -0.2) is 12.8 Å². The SMILES string of the molecule is O=S1(=O)c2ccccc2C2(CN1CCN1CCN(c3ccc(F)cc3)CC1)SCCS2. The first-order valence-corrected chi connectivity index (χ1v) is 14.0. The highest BCUT2D eigenvalue weighted by Gasteiger charge is 2.49. The number of nitrogens with zero attached hydrogens (tertiary/aromatic N) is 3. The van der Waals surface area contributed by atoms with Crippen LogP contribution in [-0.4, -0.2) is 74.9 Å². The number of sulfonamides is 1. The Hall–Kier alpha value is -1.26. The lowest BCUT2D eigenvalue weighted by Gasteiger charge is -2.41. The fraction of sp³-hybridized carbons (Fsp3) is 0.455. The number of thioether (sulfide) groups is 2. The molecular weight excluding hydrogens is 453 g/mol. The van der Waals surface area contributed by atoms with E-state index >= 15 is 0 Å². The van der Waals surface area contributed by atoms with Gasteiger partial charge in [-0.1, -0.05) is 18.2 Å². The molecule has 9 heteroatoms. The Morgan fingerprint density at radius 3 is 2.29 bits per heavy atom. The maximum absolute atomic E-state index is 13.3. The molecule has 0 bridgehead atoms. The van der Waals surface area contributed by atoms with Crippen molar-refractivity contribution in [3.05, 3.63) is 59.9 Å². The number of piperazine rings is 1. The monoisotopic (exact) mass is 479 g/mol. The van der Waals surface area contributed by atoms with Gasteiger partial charge in [0, 0.05) is 63.0 Å². The average molecular weight is 480 g/mol. The van der Waals surface area contributed by atoms with Crippen molar-refractivity contribution in [2.24, 2.45) is 0 Å². The van der Waals surface area contributed by atoms with Gasteiger partial charge in [-0.3, -0.25) is 4.90 Å². The Balaban J connectivity index is 1.25. The van der Waals surface area contributed by atoms with E-state index in [0.717, 1.165) is 55.5 Å². The molecule has 2 fully saturated rings. The number of hydrogen-bond acceptors (Lipinski definition) is 6. The summed E-state index contributed by atoms with van der Waals surface area (Å²) in [6.45, 7) is 5.23. The zero-order chi connectivity index (χ0) is 21.5. The van der Waals surface area contributed by atoms with Crippen LogP contribution in [0.5, 0.6) is 0 Å². The normalized spacial score (nSPS) is 23.2. The van der Waals surface area contributed by atoms with Crippen molar-refractivity contribution in [1.29, 1.82) is 0 Å². The summed E-state index contributed by atoms with van der Waals surface area (Å²) in [5.41, 5.74) is 2.00. The van der Waals surface area contributed by atoms with Crippen molar-refractivity contribution in [2.75, 3.05) is 62.2 Å². The minimum absolute atomic E-state index is 0.177. The average Bonchev–Trinajstić information content (AvgIpc) is 3.26. The van der Waals surface area contributed by atoms with Crippen molar-refractivity contribution >= 4 is 39.2 Å². The van der Waals surface area contributed by atoms with E-state index in [2.05, 4.69) is 9.80 Å². The van der Waals surface area contributed by atoms with Crippen LogP contribution in [0.2, 0.25) is 0 Å². The molecule has 0 atom stereocenters. The number of benzene rings is 2. The molecule has 1 spiro atoms. The molecule has 5 rings (SSSR count). The Bertz CT molecular complexity index is 1030. The lowest BCUT2D eigenvalue weighted by atomic mass is 10.1. The molecule has 0 aliphatic carbocycles. The van der Waals surface area contributed by atoms with Crippen LogP contribution in [0, 0.1) is 5.82 Å². The van der Waals surface area contributed by atoms with Crippen LogP contribution < -0.4 is 4.90 Å². The van der Waals surface area contributed by atoms with E-state index in [1.165, 1.54) is 12.1 Å². The van der Waals surface area contributed by atoms with Crippen LogP contribution in [0.3, 0.4) is 0 Å². The molecule has 0 saturated carbocycles. The third kappa shape index (κ3) is 4.11. The first-order valence-electron chi connectivity index (χ1n) is 10.6.